The van der Waals surface area contributed by atoms with Crippen LogP contribution >= 0.6 is 0 Å². The molecule has 0 radical (unpaired) electrons. The van der Waals surface area contributed by atoms with Gasteiger partial charge in [0.05, 0.1) is 0 Å². The van der Waals surface area contributed by atoms with Crippen molar-refractivity contribution in [3.05, 3.63) is 27.0 Å². The van der Waals surface area contributed by atoms with Gasteiger partial charge in [-0.05, 0) is 21.0 Å². The van der Waals surface area contributed by atoms with Crippen LogP contribution < -0.4 is 17.0 Å². The minimum absolute atomic E-state index is 0.0355. The smallest absolute Gasteiger partial charge is 0.328 e. The zero-order valence-corrected chi connectivity index (χ0v) is 9.15. The lowest BCUT2D eigenvalue weighted by Gasteiger charge is -2.18. The van der Waals surface area contributed by atoms with Crippen LogP contribution in [0.2, 0.25) is 0 Å². The molecule has 1 atom stereocenters. The normalized spacial score (nSPS) is 13.1. The molecule has 0 fully saturated rings. The zero-order chi connectivity index (χ0) is 11.6. The first-order chi connectivity index (χ1) is 6.91. The van der Waals surface area contributed by atoms with Crippen LogP contribution in [-0.2, 0) is 0 Å². The fraction of sp³-hybridized carbons (Fsp3) is 0.556. The van der Waals surface area contributed by atoms with Gasteiger partial charge in [0.15, 0.2) is 0 Å². The fourth-order valence-corrected chi connectivity index (χ4v) is 1.44. The van der Waals surface area contributed by atoms with E-state index in [1.54, 1.807) is 0 Å². The molecule has 0 amide bonds. The van der Waals surface area contributed by atoms with Gasteiger partial charge in [0.25, 0.3) is 5.56 Å². The van der Waals surface area contributed by atoms with Crippen molar-refractivity contribution in [1.29, 1.82) is 0 Å². The van der Waals surface area contributed by atoms with E-state index in [1.165, 1.54) is 10.8 Å². The van der Waals surface area contributed by atoms with Crippen molar-refractivity contribution in [1.82, 2.24) is 14.5 Å². The van der Waals surface area contributed by atoms with E-state index < -0.39 is 11.2 Å². The molecule has 1 rings (SSSR count). The van der Waals surface area contributed by atoms with Crippen molar-refractivity contribution in [3.63, 3.8) is 0 Å². The monoisotopic (exact) mass is 212 g/mol. The number of aromatic nitrogens is 2. The van der Waals surface area contributed by atoms with Gasteiger partial charge in [-0.15, -0.1) is 0 Å². The number of hydrogen-bond acceptors (Lipinski definition) is 4. The zero-order valence-electron chi connectivity index (χ0n) is 9.15. The van der Waals surface area contributed by atoms with Crippen molar-refractivity contribution in [2.75, 3.05) is 26.4 Å². The number of nitrogen functional groups attached to an aromatic ring is 1. The Balaban J connectivity index is 3.10. The van der Waals surface area contributed by atoms with Gasteiger partial charge in [-0.25, -0.2) is 4.79 Å². The van der Waals surface area contributed by atoms with Crippen LogP contribution in [0.15, 0.2) is 15.8 Å². The quantitative estimate of drug-likeness (QED) is 0.690. The van der Waals surface area contributed by atoms with Crippen LogP contribution in [-0.4, -0.2) is 35.1 Å². The summed E-state index contributed by atoms with van der Waals surface area (Å²) in [5, 5.41) is 0. The van der Waals surface area contributed by atoms with Crippen molar-refractivity contribution < 1.29 is 0 Å². The molecule has 0 aromatic carbocycles. The van der Waals surface area contributed by atoms with Gasteiger partial charge in [0, 0.05) is 18.8 Å². The summed E-state index contributed by atoms with van der Waals surface area (Å²) >= 11 is 0. The van der Waals surface area contributed by atoms with Gasteiger partial charge in [-0.3, -0.25) is 14.3 Å². The highest BCUT2D eigenvalue weighted by molar-refractivity contribution is 5.30. The van der Waals surface area contributed by atoms with Crippen molar-refractivity contribution in [2.24, 2.45) is 0 Å². The van der Waals surface area contributed by atoms with E-state index in [-0.39, 0.29) is 11.7 Å². The number of H-pyrrole nitrogens is 1. The topological polar surface area (TPSA) is 84.1 Å². The molecule has 6 nitrogen and oxygen atoms in total. The molecular weight excluding hydrogens is 196 g/mol. The van der Waals surface area contributed by atoms with Crippen molar-refractivity contribution >= 4 is 5.69 Å². The Morgan fingerprint density at radius 1 is 1.53 bits per heavy atom. The number of likely N-dealkylation sites (N-methyl/N-ethyl adjacent to an activating group) is 1. The Hall–Kier alpha value is -1.56. The second kappa shape index (κ2) is 4.31. The minimum Gasteiger partial charge on any atom is -0.393 e. The van der Waals surface area contributed by atoms with E-state index in [2.05, 4.69) is 4.98 Å². The molecule has 0 saturated carbocycles. The number of hydrogen-bond donors (Lipinski definition) is 2. The molecular formula is C9H16N4O2. The lowest BCUT2D eigenvalue weighted by atomic mass is 10.3. The average molecular weight is 212 g/mol. The molecule has 1 aromatic rings. The van der Waals surface area contributed by atoms with Crippen LogP contribution in [0.4, 0.5) is 5.69 Å². The summed E-state index contributed by atoms with van der Waals surface area (Å²) in [6.07, 6.45) is 1.38. The van der Waals surface area contributed by atoms with Crippen LogP contribution in [0.3, 0.4) is 0 Å². The summed E-state index contributed by atoms with van der Waals surface area (Å²) in [5.41, 5.74) is 4.54. The van der Waals surface area contributed by atoms with Crippen molar-refractivity contribution in [3.8, 4) is 0 Å². The molecule has 1 heterocycles. The summed E-state index contributed by atoms with van der Waals surface area (Å²) in [7, 11) is 3.83. The molecule has 0 saturated heterocycles. The van der Waals surface area contributed by atoms with Crippen LogP contribution in [0.25, 0.3) is 0 Å². The molecule has 0 aliphatic rings. The first-order valence-corrected chi connectivity index (χ1v) is 4.67. The number of rotatable bonds is 3. The second-order valence-electron chi connectivity index (χ2n) is 3.86. The Kier molecular flexibility index (Phi) is 3.31. The van der Waals surface area contributed by atoms with Gasteiger partial charge in [-0.1, -0.05) is 0 Å². The predicted octanol–water partition coefficient (Wildman–Crippen LogP) is -0.759. The first-order valence-electron chi connectivity index (χ1n) is 4.67. The fourth-order valence-electron chi connectivity index (χ4n) is 1.44. The number of aromatic amines is 1. The third-order valence-corrected chi connectivity index (χ3v) is 2.10. The standard InChI is InChI=1S/C9H16N4O2/c1-6(4-12(2)3)13-5-7(10)8(14)11-9(13)15/h5-6H,4,10H2,1-3H3,(H,11,14,15). The molecule has 6 heteroatoms. The summed E-state index contributed by atoms with van der Waals surface area (Å²) < 4.78 is 1.43. The summed E-state index contributed by atoms with van der Waals surface area (Å²) in [6.45, 7) is 2.59. The predicted molar refractivity (Wildman–Crippen MR) is 59.0 cm³/mol. The van der Waals surface area contributed by atoms with Gasteiger partial charge in [0.1, 0.15) is 5.69 Å². The molecule has 0 aliphatic carbocycles. The van der Waals surface area contributed by atoms with E-state index in [0.29, 0.717) is 6.54 Å². The SMILES string of the molecule is CC(CN(C)C)n1cc(N)c(=O)[nH]c1=O. The number of nitrogens with one attached hydrogen (secondary N) is 1. The number of anilines is 1. The molecule has 3 N–H and O–H groups in total. The maximum Gasteiger partial charge on any atom is 0.328 e. The molecule has 1 aromatic heterocycles. The van der Waals surface area contributed by atoms with Gasteiger partial charge < -0.3 is 10.6 Å². The third-order valence-electron chi connectivity index (χ3n) is 2.10. The summed E-state index contributed by atoms with van der Waals surface area (Å²) in [4.78, 5) is 26.6. The van der Waals surface area contributed by atoms with Gasteiger partial charge in [0.2, 0.25) is 0 Å². The molecule has 0 bridgehead atoms. The lowest BCUT2D eigenvalue weighted by Crippen LogP contribution is -2.35. The maximum absolute atomic E-state index is 11.4. The highest BCUT2D eigenvalue weighted by Crippen LogP contribution is 2.02. The number of nitrogens with two attached hydrogens (primary N) is 1. The molecule has 0 aliphatic heterocycles. The first kappa shape index (κ1) is 11.5. The van der Waals surface area contributed by atoms with E-state index in [0.717, 1.165) is 0 Å². The Labute approximate surface area is 87.3 Å². The molecule has 0 spiro atoms. The Morgan fingerprint density at radius 3 is 2.67 bits per heavy atom. The number of nitrogens with zero attached hydrogens (tertiary/aromatic N) is 2. The van der Waals surface area contributed by atoms with E-state index in [9.17, 15) is 9.59 Å². The highest BCUT2D eigenvalue weighted by atomic mass is 16.2. The van der Waals surface area contributed by atoms with E-state index >= 15 is 0 Å². The van der Waals surface area contributed by atoms with Crippen LogP contribution in [0, 0.1) is 0 Å². The van der Waals surface area contributed by atoms with Crippen LogP contribution in [0.1, 0.15) is 13.0 Å². The maximum atomic E-state index is 11.4. The third kappa shape index (κ3) is 2.69. The van der Waals surface area contributed by atoms with Gasteiger partial charge in [-0.2, -0.15) is 0 Å². The second-order valence-corrected chi connectivity index (χ2v) is 3.86. The van der Waals surface area contributed by atoms with Crippen LogP contribution in [0.5, 0.6) is 0 Å². The highest BCUT2D eigenvalue weighted by Gasteiger charge is 2.09. The average Bonchev–Trinajstić information content (AvgIpc) is 2.09. The van der Waals surface area contributed by atoms with Crippen molar-refractivity contribution in [2.45, 2.75) is 13.0 Å². The largest absolute Gasteiger partial charge is 0.393 e. The van der Waals surface area contributed by atoms with E-state index in [4.69, 9.17) is 5.73 Å². The van der Waals surface area contributed by atoms with Gasteiger partial charge >= 0.3 is 5.69 Å². The summed E-state index contributed by atoms with van der Waals surface area (Å²) in [5.74, 6) is 0. The van der Waals surface area contributed by atoms with E-state index in [1.807, 2.05) is 25.9 Å². The minimum atomic E-state index is -0.534. The summed E-state index contributed by atoms with van der Waals surface area (Å²) in [6, 6.07) is -0.0355. The Bertz CT molecular complexity index is 446. The molecule has 84 valence electrons. The molecule has 15 heavy (non-hydrogen) atoms. The lowest BCUT2D eigenvalue weighted by molar-refractivity contribution is 0.330. The Morgan fingerprint density at radius 2 is 2.13 bits per heavy atom. The molecule has 1 unspecified atom stereocenters.